The summed E-state index contributed by atoms with van der Waals surface area (Å²) in [5, 5.41) is 0.367. The zero-order valence-corrected chi connectivity index (χ0v) is 12.1. The van der Waals surface area contributed by atoms with Gasteiger partial charge >= 0.3 is 0 Å². The Morgan fingerprint density at radius 1 is 1.35 bits per heavy atom. The molecule has 0 unspecified atom stereocenters. The van der Waals surface area contributed by atoms with Crippen molar-refractivity contribution in [3.8, 4) is 5.75 Å². The van der Waals surface area contributed by atoms with Crippen molar-refractivity contribution < 1.29 is 17.9 Å². The highest BCUT2D eigenvalue weighted by Crippen LogP contribution is 2.31. The highest BCUT2D eigenvalue weighted by atomic mass is 32.2. The first-order valence-electron chi connectivity index (χ1n) is 5.71. The van der Waals surface area contributed by atoms with Crippen molar-refractivity contribution in [2.24, 2.45) is 5.73 Å². The lowest BCUT2D eigenvalue weighted by Gasteiger charge is -2.11. The van der Waals surface area contributed by atoms with Crippen LogP contribution in [0.2, 0.25) is 0 Å². The third-order valence-electron chi connectivity index (χ3n) is 2.94. The zero-order valence-electron chi connectivity index (χ0n) is 11.3. The third-order valence-corrected chi connectivity index (χ3v) is 4.84. The van der Waals surface area contributed by atoms with E-state index in [1.807, 2.05) is 0 Å². The smallest absolute Gasteiger partial charge is 0.266 e. The molecular formula is C12H15N3O4S. The Morgan fingerprint density at radius 3 is 2.50 bits per heavy atom. The van der Waals surface area contributed by atoms with Crippen LogP contribution in [0.1, 0.15) is 10.5 Å². The monoisotopic (exact) mass is 297 g/mol. The number of carbonyl (C=O) groups excluding carboxylic acids is 1. The molecule has 3 N–H and O–H groups in total. The molecule has 8 heteroatoms. The fourth-order valence-electron chi connectivity index (χ4n) is 1.90. The summed E-state index contributed by atoms with van der Waals surface area (Å²) in [5.41, 5.74) is 5.62. The Hall–Kier alpha value is -2.06. The minimum atomic E-state index is -3.82. The lowest BCUT2D eigenvalue weighted by molar-refractivity contribution is 0.0993. The Morgan fingerprint density at radius 2 is 2.00 bits per heavy atom. The number of rotatable bonds is 4. The molecule has 0 aliphatic carbocycles. The van der Waals surface area contributed by atoms with Gasteiger partial charge in [0.1, 0.15) is 16.3 Å². The number of nitrogens with one attached hydrogen (secondary N) is 1. The van der Waals surface area contributed by atoms with Gasteiger partial charge in [-0.2, -0.15) is 0 Å². The van der Waals surface area contributed by atoms with Crippen molar-refractivity contribution in [1.29, 1.82) is 0 Å². The quantitative estimate of drug-likeness (QED) is 0.858. The second kappa shape index (κ2) is 4.80. The number of amides is 1. The van der Waals surface area contributed by atoms with Crippen LogP contribution < -0.4 is 10.5 Å². The molecular weight excluding hydrogens is 282 g/mol. The molecule has 1 aromatic carbocycles. The number of nitrogens with zero attached hydrogens (tertiary/aromatic N) is 1. The molecule has 1 heterocycles. The van der Waals surface area contributed by atoms with Crippen molar-refractivity contribution in [2.45, 2.75) is 4.90 Å². The van der Waals surface area contributed by atoms with E-state index in [-0.39, 0.29) is 10.6 Å². The van der Waals surface area contributed by atoms with E-state index in [1.165, 1.54) is 21.2 Å². The van der Waals surface area contributed by atoms with E-state index in [0.29, 0.717) is 16.7 Å². The molecule has 0 saturated heterocycles. The molecule has 1 amide bonds. The second-order valence-corrected chi connectivity index (χ2v) is 6.48. The minimum absolute atomic E-state index is 0.135. The van der Waals surface area contributed by atoms with Crippen molar-refractivity contribution in [1.82, 2.24) is 9.29 Å². The van der Waals surface area contributed by atoms with Gasteiger partial charge < -0.3 is 15.5 Å². The number of hydrogen-bond acceptors (Lipinski definition) is 4. The summed E-state index contributed by atoms with van der Waals surface area (Å²) in [6.07, 6.45) is 0. The van der Waals surface area contributed by atoms with Gasteiger partial charge in [0, 0.05) is 25.0 Å². The number of primary amides is 1. The van der Waals surface area contributed by atoms with E-state index in [2.05, 4.69) is 4.98 Å². The molecule has 0 atom stereocenters. The normalized spacial score (nSPS) is 12.0. The van der Waals surface area contributed by atoms with Gasteiger partial charge in [0.15, 0.2) is 0 Å². The summed E-state index contributed by atoms with van der Waals surface area (Å²) in [6, 6.07) is 4.85. The van der Waals surface area contributed by atoms with Gasteiger partial charge in [-0.3, -0.25) is 4.79 Å². The summed E-state index contributed by atoms with van der Waals surface area (Å²) < 4.78 is 30.9. The number of benzene rings is 1. The molecule has 0 bridgehead atoms. The fraction of sp³-hybridized carbons (Fsp3) is 0.250. The Labute approximate surface area is 116 Å². The average molecular weight is 297 g/mol. The van der Waals surface area contributed by atoms with E-state index in [0.717, 1.165) is 4.31 Å². The summed E-state index contributed by atoms with van der Waals surface area (Å²) in [6.45, 7) is 0. The summed E-state index contributed by atoms with van der Waals surface area (Å²) >= 11 is 0. The van der Waals surface area contributed by atoms with Crippen molar-refractivity contribution in [3.63, 3.8) is 0 Å². The molecule has 1 aromatic heterocycles. The maximum Gasteiger partial charge on any atom is 0.266 e. The zero-order chi connectivity index (χ0) is 15.1. The van der Waals surface area contributed by atoms with Crippen molar-refractivity contribution in [2.75, 3.05) is 21.2 Å². The Kier molecular flexibility index (Phi) is 3.45. The van der Waals surface area contributed by atoms with Gasteiger partial charge in [0.25, 0.3) is 5.91 Å². The lowest BCUT2D eigenvalue weighted by Crippen LogP contribution is -2.25. The van der Waals surface area contributed by atoms with Gasteiger partial charge in [-0.05, 0) is 18.2 Å². The van der Waals surface area contributed by atoms with Crippen LogP contribution in [0, 0.1) is 0 Å². The largest absolute Gasteiger partial charge is 0.497 e. The Bertz CT molecular complexity index is 777. The molecule has 0 radical (unpaired) electrons. The van der Waals surface area contributed by atoms with Crippen LogP contribution in [0.25, 0.3) is 10.9 Å². The number of H-pyrrole nitrogens is 1. The van der Waals surface area contributed by atoms with Crippen LogP contribution >= 0.6 is 0 Å². The SMILES string of the molecule is COc1ccc2[nH]c(C(N)=O)c(S(=O)(=O)N(C)C)c2c1. The molecule has 0 fully saturated rings. The van der Waals surface area contributed by atoms with E-state index in [9.17, 15) is 13.2 Å². The second-order valence-electron chi connectivity index (χ2n) is 4.39. The maximum atomic E-state index is 12.4. The summed E-state index contributed by atoms with van der Waals surface area (Å²) in [7, 11) is 0.436. The maximum absolute atomic E-state index is 12.4. The van der Waals surface area contributed by atoms with Gasteiger partial charge in [-0.25, -0.2) is 12.7 Å². The number of nitrogens with two attached hydrogens (primary N) is 1. The van der Waals surface area contributed by atoms with Crippen LogP contribution in [-0.2, 0) is 10.0 Å². The predicted molar refractivity (Wildman–Crippen MR) is 74.2 cm³/mol. The number of sulfonamides is 1. The number of ether oxygens (including phenoxy) is 1. The molecule has 20 heavy (non-hydrogen) atoms. The van der Waals surface area contributed by atoms with E-state index >= 15 is 0 Å². The molecule has 2 rings (SSSR count). The molecule has 0 saturated carbocycles. The Balaban J connectivity index is 2.91. The highest BCUT2D eigenvalue weighted by Gasteiger charge is 2.29. The van der Waals surface area contributed by atoms with Crippen LogP contribution in [0.3, 0.4) is 0 Å². The van der Waals surface area contributed by atoms with Gasteiger partial charge in [-0.15, -0.1) is 0 Å². The fourth-order valence-corrected chi connectivity index (χ4v) is 3.12. The highest BCUT2D eigenvalue weighted by molar-refractivity contribution is 7.89. The predicted octanol–water partition coefficient (Wildman–Crippen LogP) is 0.526. The first kappa shape index (κ1) is 14.4. The van der Waals surface area contributed by atoms with Crippen LogP contribution in [0.5, 0.6) is 5.75 Å². The topological polar surface area (TPSA) is 105 Å². The number of carbonyl (C=O) groups is 1. The van der Waals surface area contributed by atoms with Gasteiger partial charge in [0.05, 0.1) is 7.11 Å². The number of methoxy groups -OCH3 is 1. The summed E-state index contributed by atoms with van der Waals surface area (Å²) in [5.74, 6) is -0.344. The molecule has 0 spiro atoms. The van der Waals surface area contributed by atoms with Gasteiger partial charge in [-0.1, -0.05) is 0 Å². The molecule has 7 nitrogen and oxygen atoms in total. The molecule has 2 aromatic rings. The number of aromatic nitrogens is 1. The van der Waals surface area contributed by atoms with Gasteiger partial charge in [0.2, 0.25) is 10.0 Å². The lowest BCUT2D eigenvalue weighted by atomic mass is 10.2. The number of hydrogen-bond donors (Lipinski definition) is 2. The van der Waals surface area contributed by atoms with E-state index in [1.54, 1.807) is 18.2 Å². The first-order chi connectivity index (χ1) is 9.28. The van der Waals surface area contributed by atoms with Crippen LogP contribution in [0.4, 0.5) is 0 Å². The van der Waals surface area contributed by atoms with Crippen molar-refractivity contribution >= 4 is 26.8 Å². The molecule has 0 aliphatic rings. The summed E-state index contributed by atoms with van der Waals surface area (Å²) in [4.78, 5) is 14.1. The first-order valence-corrected chi connectivity index (χ1v) is 7.15. The van der Waals surface area contributed by atoms with Crippen LogP contribution in [0.15, 0.2) is 23.1 Å². The number of fused-ring (bicyclic) bond motifs is 1. The van der Waals surface area contributed by atoms with Crippen molar-refractivity contribution in [3.05, 3.63) is 23.9 Å². The minimum Gasteiger partial charge on any atom is -0.497 e. The van der Waals surface area contributed by atoms with E-state index in [4.69, 9.17) is 10.5 Å². The number of aromatic amines is 1. The van der Waals surface area contributed by atoms with E-state index < -0.39 is 15.9 Å². The third kappa shape index (κ3) is 2.12. The average Bonchev–Trinajstić information content (AvgIpc) is 2.77. The standard InChI is InChI=1S/C12H15N3O4S/c1-15(2)20(17,18)11-8-6-7(19-3)4-5-9(8)14-10(11)12(13)16/h4-6,14H,1-3H3,(H2,13,16). The van der Waals surface area contributed by atoms with Crippen LogP contribution in [-0.4, -0.2) is 44.8 Å². The molecule has 108 valence electrons. The molecule has 0 aliphatic heterocycles.